The number of aliphatic hydroxyl groups excluding tert-OH is 1. The number of H-pyrrole nitrogens is 1. The molecule has 0 aliphatic rings. The van der Waals surface area contributed by atoms with Crippen LogP contribution in [0.4, 0.5) is 0 Å². The highest BCUT2D eigenvalue weighted by atomic mass is 16.5. The first-order chi connectivity index (χ1) is 12.7. The number of aromatic amines is 1. The molecule has 4 rings (SSSR count). The molecule has 26 heavy (non-hydrogen) atoms. The van der Waals surface area contributed by atoms with Gasteiger partial charge >= 0.3 is 0 Å². The minimum Gasteiger partial charge on any atom is -0.491 e. The molecule has 2 heterocycles. The molecule has 0 fully saturated rings. The Kier molecular flexibility index (Phi) is 4.18. The number of aliphatic hydroxyl groups is 1. The topological polar surface area (TPSA) is 76.0 Å². The van der Waals surface area contributed by atoms with Crippen molar-refractivity contribution in [2.75, 3.05) is 13.2 Å². The van der Waals surface area contributed by atoms with Crippen LogP contribution in [0.5, 0.6) is 5.75 Å². The van der Waals surface area contributed by atoms with Crippen LogP contribution in [0.1, 0.15) is 11.3 Å². The van der Waals surface area contributed by atoms with E-state index >= 15 is 0 Å². The van der Waals surface area contributed by atoms with Crippen LogP contribution in [0.3, 0.4) is 0 Å². The first kappa shape index (κ1) is 16.4. The van der Waals surface area contributed by atoms with E-state index in [1.807, 2.05) is 54.1 Å². The van der Waals surface area contributed by atoms with E-state index in [1.165, 1.54) is 0 Å². The van der Waals surface area contributed by atoms with Crippen LogP contribution >= 0.6 is 0 Å². The van der Waals surface area contributed by atoms with Crippen molar-refractivity contribution >= 4 is 11.2 Å². The molecule has 0 amide bonds. The summed E-state index contributed by atoms with van der Waals surface area (Å²) in [6.07, 6.45) is 0. The Bertz CT molecular complexity index is 1050. The average molecular weight is 348 g/mol. The second-order valence-corrected chi connectivity index (χ2v) is 6.16. The number of hydrogen-bond acceptors (Lipinski definition) is 4. The van der Waals surface area contributed by atoms with Crippen LogP contribution in [0.2, 0.25) is 0 Å². The van der Waals surface area contributed by atoms with Gasteiger partial charge in [-0.1, -0.05) is 18.2 Å². The van der Waals surface area contributed by atoms with E-state index in [4.69, 9.17) is 14.8 Å². The van der Waals surface area contributed by atoms with Gasteiger partial charge in [0.05, 0.1) is 18.0 Å². The number of fused-ring (bicyclic) bond motifs is 1. The van der Waals surface area contributed by atoms with Gasteiger partial charge in [-0.3, -0.25) is 0 Å². The summed E-state index contributed by atoms with van der Waals surface area (Å²) in [5.41, 5.74) is 5.79. The minimum absolute atomic E-state index is 0.00000428. The molecule has 2 aromatic heterocycles. The van der Waals surface area contributed by atoms with E-state index in [2.05, 4.69) is 23.1 Å². The predicted octanol–water partition coefficient (Wildman–Crippen LogP) is 3.40. The maximum absolute atomic E-state index is 8.83. The van der Waals surface area contributed by atoms with Gasteiger partial charge in [0.15, 0.2) is 5.65 Å². The lowest BCUT2D eigenvalue weighted by Crippen LogP contribution is -2.01. The quantitative estimate of drug-likeness (QED) is 0.579. The monoisotopic (exact) mass is 348 g/mol. The molecule has 0 aliphatic carbocycles. The fraction of sp³-hybridized carbons (Fsp3) is 0.200. The molecule has 0 radical (unpaired) electrons. The van der Waals surface area contributed by atoms with Crippen molar-refractivity contribution in [3.8, 4) is 22.8 Å². The zero-order valence-corrected chi connectivity index (χ0v) is 14.7. The van der Waals surface area contributed by atoms with Gasteiger partial charge in [0.2, 0.25) is 0 Å². The zero-order valence-electron chi connectivity index (χ0n) is 14.7. The summed E-state index contributed by atoms with van der Waals surface area (Å²) in [5.74, 6) is 1.51. The van der Waals surface area contributed by atoms with Crippen molar-refractivity contribution in [1.29, 1.82) is 0 Å². The van der Waals surface area contributed by atoms with Crippen LogP contribution in [-0.2, 0) is 0 Å². The van der Waals surface area contributed by atoms with E-state index in [1.54, 1.807) is 0 Å². The molecule has 132 valence electrons. The van der Waals surface area contributed by atoms with E-state index < -0.39 is 0 Å². The van der Waals surface area contributed by atoms with Crippen LogP contribution in [0.15, 0.2) is 48.5 Å². The van der Waals surface area contributed by atoms with Gasteiger partial charge in [-0.05, 0) is 49.7 Å². The lowest BCUT2D eigenvalue weighted by molar-refractivity contribution is 0.201. The Morgan fingerprint density at radius 1 is 1.08 bits per heavy atom. The number of para-hydroxylation sites is 1. The number of rotatable bonds is 5. The van der Waals surface area contributed by atoms with Crippen molar-refractivity contribution in [2.45, 2.75) is 13.8 Å². The zero-order chi connectivity index (χ0) is 18.1. The van der Waals surface area contributed by atoms with Crippen molar-refractivity contribution < 1.29 is 9.84 Å². The normalized spacial score (nSPS) is 11.2. The first-order valence-electron chi connectivity index (χ1n) is 8.53. The van der Waals surface area contributed by atoms with E-state index in [0.717, 1.165) is 45.2 Å². The summed E-state index contributed by atoms with van der Waals surface area (Å²) in [7, 11) is 0. The third-order valence-electron chi connectivity index (χ3n) is 4.33. The Hall–Kier alpha value is -3.12. The molecule has 0 aliphatic heterocycles. The third kappa shape index (κ3) is 2.84. The average Bonchev–Trinajstić information content (AvgIpc) is 3.22. The standard InChI is InChI=1S/C20H20N4O2/c1-13-5-3-4-6-17(13)24-20-18(14(2)23-24)21-19(22-20)15-7-9-16(10-8-15)26-12-11-25/h3-10,25H,11-12H2,1-2H3,(H,21,22). The Labute approximate surface area is 151 Å². The SMILES string of the molecule is Cc1ccccc1-n1nc(C)c2[nH]c(-c3ccc(OCCO)cc3)nc21. The van der Waals surface area contributed by atoms with Gasteiger partial charge in [0.1, 0.15) is 23.7 Å². The number of benzene rings is 2. The molecule has 0 bridgehead atoms. The molecular formula is C20H20N4O2. The molecule has 4 aromatic rings. The minimum atomic E-state index is 0.00000428. The Morgan fingerprint density at radius 2 is 1.85 bits per heavy atom. The van der Waals surface area contributed by atoms with Crippen molar-refractivity contribution in [1.82, 2.24) is 19.7 Å². The van der Waals surface area contributed by atoms with Gasteiger partial charge in [-0.25, -0.2) is 9.67 Å². The second-order valence-electron chi connectivity index (χ2n) is 6.16. The smallest absolute Gasteiger partial charge is 0.181 e. The number of aromatic nitrogens is 4. The first-order valence-corrected chi connectivity index (χ1v) is 8.53. The molecule has 0 saturated carbocycles. The molecule has 0 unspecified atom stereocenters. The fourth-order valence-corrected chi connectivity index (χ4v) is 3.00. The Balaban J connectivity index is 1.74. The predicted molar refractivity (Wildman–Crippen MR) is 101 cm³/mol. The van der Waals surface area contributed by atoms with Gasteiger partial charge in [0.25, 0.3) is 0 Å². The number of imidazole rings is 1. The highest BCUT2D eigenvalue weighted by Gasteiger charge is 2.16. The summed E-state index contributed by atoms with van der Waals surface area (Å²) in [5, 5.41) is 13.5. The van der Waals surface area contributed by atoms with Crippen LogP contribution < -0.4 is 4.74 Å². The number of nitrogens with zero attached hydrogens (tertiary/aromatic N) is 3. The Morgan fingerprint density at radius 3 is 2.58 bits per heavy atom. The molecule has 0 atom stereocenters. The van der Waals surface area contributed by atoms with Gasteiger partial charge < -0.3 is 14.8 Å². The summed E-state index contributed by atoms with van der Waals surface area (Å²) in [6, 6.07) is 15.8. The number of ether oxygens (including phenoxy) is 1. The largest absolute Gasteiger partial charge is 0.491 e. The maximum Gasteiger partial charge on any atom is 0.181 e. The second kappa shape index (κ2) is 6.65. The van der Waals surface area contributed by atoms with Gasteiger partial charge in [-0.15, -0.1) is 0 Å². The summed E-state index contributed by atoms with van der Waals surface area (Å²) >= 11 is 0. The van der Waals surface area contributed by atoms with Crippen LogP contribution in [0.25, 0.3) is 28.2 Å². The molecule has 6 nitrogen and oxygen atoms in total. The number of hydrogen-bond donors (Lipinski definition) is 2. The number of aryl methyl sites for hydroxylation is 2. The van der Waals surface area contributed by atoms with Crippen molar-refractivity contribution in [3.05, 3.63) is 59.8 Å². The lowest BCUT2D eigenvalue weighted by atomic mass is 10.2. The van der Waals surface area contributed by atoms with Gasteiger partial charge in [-0.2, -0.15) is 5.10 Å². The molecule has 2 aromatic carbocycles. The number of nitrogens with one attached hydrogen (secondary N) is 1. The maximum atomic E-state index is 8.83. The molecular weight excluding hydrogens is 328 g/mol. The van der Waals surface area contributed by atoms with E-state index in [9.17, 15) is 0 Å². The van der Waals surface area contributed by atoms with Gasteiger partial charge in [0, 0.05) is 5.56 Å². The van der Waals surface area contributed by atoms with Crippen LogP contribution in [-0.4, -0.2) is 38.1 Å². The third-order valence-corrected chi connectivity index (χ3v) is 4.33. The van der Waals surface area contributed by atoms with E-state index in [0.29, 0.717) is 0 Å². The summed E-state index contributed by atoms with van der Waals surface area (Å²) in [6.45, 7) is 4.33. The van der Waals surface area contributed by atoms with Crippen molar-refractivity contribution in [2.24, 2.45) is 0 Å². The molecule has 2 N–H and O–H groups in total. The van der Waals surface area contributed by atoms with E-state index in [-0.39, 0.29) is 13.2 Å². The van der Waals surface area contributed by atoms with Crippen LogP contribution in [0, 0.1) is 13.8 Å². The highest BCUT2D eigenvalue weighted by Crippen LogP contribution is 2.26. The molecule has 0 spiro atoms. The summed E-state index contributed by atoms with van der Waals surface area (Å²) in [4.78, 5) is 8.15. The summed E-state index contributed by atoms with van der Waals surface area (Å²) < 4.78 is 7.29. The molecule has 6 heteroatoms. The lowest BCUT2D eigenvalue weighted by Gasteiger charge is -2.05. The highest BCUT2D eigenvalue weighted by molar-refractivity contribution is 5.80. The van der Waals surface area contributed by atoms with Crippen molar-refractivity contribution in [3.63, 3.8) is 0 Å². The fourth-order valence-electron chi connectivity index (χ4n) is 3.00. The molecule has 0 saturated heterocycles.